The second-order valence-corrected chi connectivity index (χ2v) is 5.75. The summed E-state index contributed by atoms with van der Waals surface area (Å²) < 4.78 is 0. The van der Waals surface area contributed by atoms with E-state index >= 15 is 0 Å². The molecule has 7 nitrogen and oxygen atoms in total. The number of aliphatic hydroxyl groups is 1. The van der Waals surface area contributed by atoms with Gasteiger partial charge in [-0.3, -0.25) is 19.8 Å². The number of hydrogen-bond donors (Lipinski definition) is 2. The van der Waals surface area contributed by atoms with Crippen molar-refractivity contribution in [2.45, 2.75) is 44.8 Å². The maximum atomic E-state index is 11.3. The molecule has 1 amide bonds. The molecule has 1 heterocycles. The van der Waals surface area contributed by atoms with Crippen LogP contribution in [0.15, 0.2) is 18.2 Å². The molecule has 2 unspecified atom stereocenters. The van der Waals surface area contributed by atoms with Gasteiger partial charge in [0.25, 0.3) is 5.69 Å². The highest BCUT2D eigenvalue weighted by Gasteiger charge is 2.29. The van der Waals surface area contributed by atoms with E-state index in [1.807, 2.05) is 0 Å². The molecular formula is C15H21N3O4. The number of likely N-dealkylation sites (tertiary alicyclic amines) is 1. The highest BCUT2D eigenvalue weighted by atomic mass is 16.6. The van der Waals surface area contributed by atoms with E-state index in [4.69, 9.17) is 5.73 Å². The van der Waals surface area contributed by atoms with Gasteiger partial charge in [0.2, 0.25) is 5.91 Å². The third kappa shape index (κ3) is 3.42. The third-order valence-corrected chi connectivity index (χ3v) is 4.32. The minimum Gasteiger partial charge on any atom is -0.395 e. The molecule has 1 aliphatic rings. The smallest absolute Gasteiger partial charge is 0.274 e. The molecule has 0 bridgehead atoms. The van der Waals surface area contributed by atoms with Crippen LogP contribution < -0.4 is 5.73 Å². The SMILES string of the molecule is CC1CCCC(CO)N1Cc1ccc(C(N)=O)cc1[N+](=O)[O-]. The number of hydrogen-bond acceptors (Lipinski definition) is 5. The van der Waals surface area contributed by atoms with E-state index < -0.39 is 10.8 Å². The standard InChI is InChI=1S/C15H21N3O4/c1-10-3-2-4-13(9-19)17(10)8-12-6-5-11(15(16)20)7-14(12)18(21)22/h5-7,10,13,19H,2-4,8-9H2,1H3,(H2,16,20). The monoisotopic (exact) mass is 307 g/mol. The van der Waals surface area contributed by atoms with Crippen molar-refractivity contribution in [3.63, 3.8) is 0 Å². The molecule has 0 spiro atoms. The van der Waals surface area contributed by atoms with Gasteiger partial charge >= 0.3 is 0 Å². The average molecular weight is 307 g/mol. The summed E-state index contributed by atoms with van der Waals surface area (Å²) in [5.74, 6) is -0.686. The normalized spacial score (nSPS) is 22.5. The molecule has 120 valence electrons. The lowest BCUT2D eigenvalue weighted by Gasteiger charge is -2.39. The fourth-order valence-corrected chi connectivity index (χ4v) is 3.04. The Morgan fingerprint density at radius 1 is 1.50 bits per heavy atom. The quantitative estimate of drug-likeness (QED) is 0.631. The largest absolute Gasteiger partial charge is 0.395 e. The van der Waals surface area contributed by atoms with E-state index in [0.717, 1.165) is 19.3 Å². The van der Waals surface area contributed by atoms with Crippen LogP contribution in [-0.4, -0.2) is 39.5 Å². The zero-order valence-electron chi connectivity index (χ0n) is 12.6. The van der Waals surface area contributed by atoms with Crippen LogP contribution in [0.25, 0.3) is 0 Å². The zero-order chi connectivity index (χ0) is 16.3. The first kappa shape index (κ1) is 16.4. The van der Waals surface area contributed by atoms with Gasteiger partial charge in [0, 0.05) is 35.8 Å². The van der Waals surface area contributed by atoms with Gasteiger partial charge in [-0.15, -0.1) is 0 Å². The first-order chi connectivity index (χ1) is 10.4. The number of aliphatic hydroxyl groups excluding tert-OH is 1. The van der Waals surface area contributed by atoms with Crippen LogP contribution in [0.4, 0.5) is 5.69 Å². The number of nitro benzene ring substituents is 1. The molecule has 22 heavy (non-hydrogen) atoms. The van der Waals surface area contributed by atoms with Gasteiger partial charge in [-0.05, 0) is 25.8 Å². The molecule has 0 saturated carbocycles. The number of nitrogens with zero attached hydrogens (tertiary/aromatic N) is 2. The molecule has 2 atom stereocenters. The third-order valence-electron chi connectivity index (χ3n) is 4.32. The van der Waals surface area contributed by atoms with Crippen molar-refractivity contribution in [1.29, 1.82) is 0 Å². The van der Waals surface area contributed by atoms with E-state index in [1.54, 1.807) is 6.07 Å². The Morgan fingerprint density at radius 3 is 2.82 bits per heavy atom. The summed E-state index contributed by atoms with van der Waals surface area (Å²) in [7, 11) is 0. The Kier molecular flexibility index (Phi) is 5.10. The maximum absolute atomic E-state index is 11.3. The van der Waals surface area contributed by atoms with E-state index in [9.17, 15) is 20.0 Å². The van der Waals surface area contributed by atoms with Crippen LogP contribution >= 0.6 is 0 Å². The molecule has 1 saturated heterocycles. The summed E-state index contributed by atoms with van der Waals surface area (Å²) in [6, 6.07) is 4.57. The summed E-state index contributed by atoms with van der Waals surface area (Å²) in [5.41, 5.74) is 5.73. The lowest BCUT2D eigenvalue weighted by atomic mass is 9.95. The zero-order valence-corrected chi connectivity index (χ0v) is 12.6. The average Bonchev–Trinajstić information content (AvgIpc) is 2.49. The van der Waals surface area contributed by atoms with Crippen LogP contribution in [0.3, 0.4) is 0 Å². The number of primary amides is 1. The molecule has 0 aromatic heterocycles. The Balaban J connectivity index is 2.31. The number of nitrogens with two attached hydrogens (primary N) is 1. The predicted octanol–water partition coefficient (Wildman–Crippen LogP) is 1.43. The molecular weight excluding hydrogens is 286 g/mol. The van der Waals surface area contributed by atoms with Gasteiger partial charge < -0.3 is 10.8 Å². The van der Waals surface area contributed by atoms with Gasteiger partial charge in [-0.2, -0.15) is 0 Å². The first-order valence-corrected chi connectivity index (χ1v) is 7.37. The van der Waals surface area contributed by atoms with Crippen LogP contribution in [0.2, 0.25) is 0 Å². The minimum atomic E-state index is -0.686. The second kappa shape index (κ2) is 6.85. The topological polar surface area (TPSA) is 110 Å². The number of amides is 1. The molecule has 0 aliphatic carbocycles. The van der Waals surface area contributed by atoms with Crippen molar-refractivity contribution in [3.8, 4) is 0 Å². The first-order valence-electron chi connectivity index (χ1n) is 7.37. The van der Waals surface area contributed by atoms with Crippen LogP contribution in [0.1, 0.15) is 42.1 Å². The number of carbonyl (C=O) groups excluding carboxylic acids is 1. The summed E-state index contributed by atoms with van der Waals surface area (Å²) in [5, 5.41) is 20.8. The molecule has 3 N–H and O–H groups in total. The van der Waals surface area contributed by atoms with Gasteiger partial charge in [-0.25, -0.2) is 0 Å². The Hall–Kier alpha value is -1.99. The summed E-state index contributed by atoms with van der Waals surface area (Å²) in [6.45, 7) is 2.48. The fraction of sp³-hybridized carbons (Fsp3) is 0.533. The number of rotatable bonds is 5. The molecule has 1 aromatic rings. The molecule has 1 fully saturated rings. The number of nitro groups is 1. The van der Waals surface area contributed by atoms with Crippen molar-refractivity contribution >= 4 is 11.6 Å². The van der Waals surface area contributed by atoms with Crippen molar-refractivity contribution in [1.82, 2.24) is 4.90 Å². The fourth-order valence-electron chi connectivity index (χ4n) is 3.04. The molecule has 0 radical (unpaired) electrons. The van der Waals surface area contributed by atoms with E-state index in [2.05, 4.69) is 11.8 Å². The summed E-state index contributed by atoms with van der Waals surface area (Å²) >= 11 is 0. The van der Waals surface area contributed by atoms with Crippen molar-refractivity contribution in [2.24, 2.45) is 5.73 Å². The summed E-state index contributed by atoms with van der Waals surface area (Å²) in [4.78, 5) is 24.0. The molecule has 2 rings (SSSR count). The van der Waals surface area contributed by atoms with Crippen LogP contribution in [-0.2, 0) is 6.54 Å². The Morgan fingerprint density at radius 2 is 2.23 bits per heavy atom. The van der Waals surface area contributed by atoms with Gasteiger partial charge in [0.1, 0.15) is 0 Å². The highest BCUT2D eigenvalue weighted by molar-refractivity contribution is 5.93. The van der Waals surface area contributed by atoms with Crippen LogP contribution in [0.5, 0.6) is 0 Å². The van der Waals surface area contributed by atoms with Gasteiger partial charge in [-0.1, -0.05) is 12.5 Å². The second-order valence-electron chi connectivity index (χ2n) is 5.75. The lowest BCUT2D eigenvalue weighted by Crippen LogP contribution is -2.46. The Labute approximate surface area is 128 Å². The van der Waals surface area contributed by atoms with E-state index in [-0.39, 0.29) is 29.9 Å². The number of carbonyl (C=O) groups is 1. The van der Waals surface area contributed by atoms with Crippen molar-refractivity contribution in [3.05, 3.63) is 39.4 Å². The van der Waals surface area contributed by atoms with Crippen molar-refractivity contribution < 1.29 is 14.8 Å². The number of benzene rings is 1. The number of piperidine rings is 1. The van der Waals surface area contributed by atoms with Crippen molar-refractivity contribution in [2.75, 3.05) is 6.61 Å². The molecule has 1 aliphatic heterocycles. The molecule has 7 heteroatoms. The van der Waals surface area contributed by atoms with E-state index in [0.29, 0.717) is 12.1 Å². The van der Waals surface area contributed by atoms with E-state index in [1.165, 1.54) is 12.1 Å². The van der Waals surface area contributed by atoms with Gasteiger partial charge in [0.15, 0.2) is 0 Å². The van der Waals surface area contributed by atoms with Crippen LogP contribution in [0, 0.1) is 10.1 Å². The highest BCUT2D eigenvalue weighted by Crippen LogP contribution is 2.28. The van der Waals surface area contributed by atoms with Gasteiger partial charge in [0.05, 0.1) is 11.5 Å². The Bertz CT molecular complexity index is 576. The maximum Gasteiger partial charge on any atom is 0.274 e. The minimum absolute atomic E-state index is 0.0131. The predicted molar refractivity (Wildman–Crippen MR) is 81.3 cm³/mol. The lowest BCUT2D eigenvalue weighted by molar-refractivity contribution is -0.385. The summed E-state index contributed by atoms with van der Waals surface area (Å²) in [6.07, 6.45) is 2.93. The molecule has 1 aromatic carbocycles.